The smallest absolute Gasteiger partial charge is 0.311 e. The van der Waals surface area contributed by atoms with E-state index >= 15 is 0 Å². The molecule has 1 N–H and O–H groups in total. The number of rotatable bonds is 4. The van der Waals surface area contributed by atoms with Gasteiger partial charge in [0.25, 0.3) is 0 Å². The number of piperidine rings is 1. The number of thioether (sulfide) groups is 1. The zero-order valence-electron chi connectivity index (χ0n) is 12.7. The molecule has 1 heterocycles. The monoisotopic (exact) mass is 341 g/mol. The Morgan fingerprint density at radius 3 is 2.73 bits per heavy atom. The van der Waals surface area contributed by atoms with Crippen molar-refractivity contribution in [3.05, 3.63) is 29.3 Å². The second-order valence-corrected chi connectivity index (χ2v) is 7.71. The molecule has 0 bridgehead atoms. The van der Waals surface area contributed by atoms with Crippen LogP contribution in [0.3, 0.4) is 0 Å². The molecule has 2 rings (SSSR count). The third-order valence-electron chi connectivity index (χ3n) is 4.01. The Morgan fingerprint density at radius 2 is 2.09 bits per heavy atom. The summed E-state index contributed by atoms with van der Waals surface area (Å²) in [5, 5.41) is 9.68. The van der Waals surface area contributed by atoms with Crippen LogP contribution in [0.25, 0.3) is 0 Å². The van der Waals surface area contributed by atoms with Crippen molar-refractivity contribution in [2.24, 2.45) is 5.41 Å². The zero-order valence-corrected chi connectivity index (χ0v) is 14.3. The minimum atomic E-state index is -0.845. The van der Waals surface area contributed by atoms with Crippen LogP contribution < -0.4 is 0 Å². The minimum absolute atomic E-state index is 0.0305. The molecule has 0 aromatic heterocycles. The van der Waals surface area contributed by atoms with Gasteiger partial charge in [-0.15, -0.1) is 11.8 Å². The van der Waals surface area contributed by atoms with Gasteiger partial charge in [0.05, 0.1) is 15.7 Å². The maximum absolute atomic E-state index is 12.6. The van der Waals surface area contributed by atoms with Crippen molar-refractivity contribution in [1.29, 1.82) is 0 Å². The number of carboxylic acid groups (broad SMARTS) is 1. The van der Waals surface area contributed by atoms with Gasteiger partial charge in [-0.25, -0.2) is 0 Å². The molecule has 0 aliphatic carbocycles. The molecular weight excluding hydrogens is 322 g/mol. The summed E-state index contributed by atoms with van der Waals surface area (Å²) >= 11 is 7.53. The Morgan fingerprint density at radius 1 is 1.41 bits per heavy atom. The van der Waals surface area contributed by atoms with Gasteiger partial charge >= 0.3 is 5.97 Å². The Balaban J connectivity index is 2.04. The third-order valence-corrected chi connectivity index (χ3v) is 5.62. The highest BCUT2D eigenvalue weighted by atomic mass is 35.5. The molecule has 2 atom stereocenters. The molecule has 4 nitrogen and oxygen atoms in total. The van der Waals surface area contributed by atoms with Gasteiger partial charge < -0.3 is 10.0 Å². The average molecular weight is 342 g/mol. The number of carbonyl (C=O) groups excluding carboxylic acids is 1. The number of nitrogens with zero attached hydrogens (tertiary/aromatic N) is 1. The van der Waals surface area contributed by atoms with E-state index in [1.165, 1.54) is 11.8 Å². The van der Waals surface area contributed by atoms with Crippen molar-refractivity contribution >= 4 is 35.2 Å². The highest BCUT2D eigenvalue weighted by Crippen LogP contribution is 2.34. The molecule has 1 aliphatic rings. The van der Waals surface area contributed by atoms with Gasteiger partial charge in [-0.2, -0.15) is 0 Å². The summed E-state index contributed by atoms with van der Waals surface area (Å²) in [4.78, 5) is 26.5. The van der Waals surface area contributed by atoms with Crippen molar-refractivity contribution < 1.29 is 14.7 Å². The first-order valence-electron chi connectivity index (χ1n) is 7.27. The topological polar surface area (TPSA) is 57.6 Å². The number of halogens is 1. The van der Waals surface area contributed by atoms with Gasteiger partial charge in [0, 0.05) is 18.0 Å². The van der Waals surface area contributed by atoms with Crippen LogP contribution >= 0.6 is 23.4 Å². The zero-order chi connectivity index (χ0) is 16.3. The lowest BCUT2D eigenvalue weighted by Crippen LogP contribution is -2.50. The number of aliphatic carboxylic acids is 1. The van der Waals surface area contributed by atoms with Crippen LogP contribution in [0, 0.1) is 5.41 Å². The number of carbonyl (C=O) groups is 2. The van der Waals surface area contributed by atoms with E-state index in [2.05, 4.69) is 0 Å². The van der Waals surface area contributed by atoms with E-state index in [0.29, 0.717) is 18.0 Å². The first-order valence-corrected chi connectivity index (χ1v) is 8.52. The van der Waals surface area contributed by atoms with E-state index < -0.39 is 11.4 Å². The molecule has 1 aliphatic heterocycles. The normalized spacial score (nSPS) is 23.1. The fourth-order valence-electron chi connectivity index (χ4n) is 2.64. The van der Waals surface area contributed by atoms with Crippen molar-refractivity contribution in [3.8, 4) is 0 Å². The van der Waals surface area contributed by atoms with Crippen LogP contribution in [-0.2, 0) is 9.59 Å². The summed E-state index contributed by atoms with van der Waals surface area (Å²) in [5.74, 6) is -0.867. The molecule has 1 saturated heterocycles. The van der Waals surface area contributed by atoms with Crippen LogP contribution in [-0.4, -0.2) is 40.2 Å². The van der Waals surface area contributed by atoms with Crippen LogP contribution in [0.1, 0.15) is 26.7 Å². The Labute approximate surface area is 139 Å². The van der Waals surface area contributed by atoms with E-state index in [4.69, 9.17) is 11.6 Å². The summed E-state index contributed by atoms with van der Waals surface area (Å²) in [6.45, 7) is 4.44. The Kier molecular flexibility index (Phi) is 5.40. The molecule has 1 aromatic rings. The molecule has 1 amide bonds. The van der Waals surface area contributed by atoms with Crippen LogP contribution in [0.15, 0.2) is 29.2 Å². The predicted octanol–water partition coefficient (Wildman–Crippen LogP) is 3.53. The summed E-state index contributed by atoms with van der Waals surface area (Å²) < 4.78 is 0. The molecule has 1 aromatic carbocycles. The molecule has 6 heteroatoms. The van der Waals surface area contributed by atoms with Gasteiger partial charge in [-0.1, -0.05) is 23.7 Å². The lowest BCUT2D eigenvalue weighted by Gasteiger charge is -2.38. The van der Waals surface area contributed by atoms with E-state index in [1.807, 2.05) is 25.1 Å². The van der Waals surface area contributed by atoms with Crippen LogP contribution in [0.5, 0.6) is 0 Å². The quantitative estimate of drug-likeness (QED) is 0.851. The van der Waals surface area contributed by atoms with E-state index in [-0.39, 0.29) is 17.7 Å². The van der Waals surface area contributed by atoms with Crippen LogP contribution in [0.2, 0.25) is 5.02 Å². The fourth-order valence-corrected chi connectivity index (χ4v) is 3.88. The minimum Gasteiger partial charge on any atom is -0.481 e. The van der Waals surface area contributed by atoms with Gasteiger partial charge in [0.2, 0.25) is 5.91 Å². The number of hydrogen-bond acceptors (Lipinski definition) is 3. The summed E-state index contributed by atoms with van der Waals surface area (Å²) in [5.41, 5.74) is -0.845. The Hall–Kier alpha value is -1.20. The number of carboxylic acids is 1. The van der Waals surface area contributed by atoms with Gasteiger partial charge in [-0.05, 0) is 38.8 Å². The summed E-state index contributed by atoms with van der Waals surface area (Å²) in [6, 6.07) is 7.41. The fraction of sp³-hybridized carbons (Fsp3) is 0.500. The summed E-state index contributed by atoms with van der Waals surface area (Å²) in [7, 11) is 0. The van der Waals surface area contributed by atoms with E-state index in [9.17, 15) is 14.7 Å². The SMILES string of the molecule is CC(Sc1ccccc1Cl)C(=O)N1CCCC(C)(C(=O)O)C1. The van der Waals surface area contributed by atoms with Gasteiger partial charge in [0.1, 0.15) is 0 Å². The number of amides is 1. The molecule has 2 unspecified atom stereocenters. The highest BCUT2D eigenvalue weighted by Gasteiger charge is 2.40. The molecular formula is C16H20ClNO3S. The molecule has 22 heavy (non-hydrogen) atoms. The molecule has 120 valence electrons. The van der Waals surface area contributed by atoms with Crippen molar-refractivity contribution in [2.45, 2.75) is 36.8 Å². The standard InChI is InChI=1S/C16H20ClNO3S/c1-11(22-13-7-4-3-6-12(13)17)14(19)18-9-5-8-16(2,10-18)15(20)21/h3-4,6-7,11H,5,8-10H2,1-2H3,(H,20,21). The largest absolute Gasteiger partial charge is 0.481 e. The third kappa shape index (κ3) is 3.76. The first kappa shape index (κ1) is 17.2. The first-order chi connectivity index (χ1) is 10.3. The summed E-state index contributed by atoms with van der Waals surface area (Å²) in [6.07, 6.45) is 1.33. The highest BCUT2D eigenvalue weighted by molar-refractivity contribution is 8.00. The van der Waals surface area contributed by atoms with Crippen molar-refractivity contribution in [3.63, 3.8) is 0 Å². The molecule has 0 saturated carbocycles. The van der Waals surface area contributed by atoms with Crippen molar-refractivity contribution in [2.75, 3.05) is 13.1 Å². The second-order valence-electron chi connectivity index (χ2n) is 5.92. The maximum atomic E-state index is 12.6. The van der Waals surface area contributed by atoms with Gasteiger partial charge in [0.15, 0.2) is 0 Å². The van der Waals surface area contributed by atoms with E-state index in [0.717, 1.165) is 11.3 Å². The predicted molar refractivity (Wildman–Crippen MR) is 88.3 cm³/mol. The average Bonchev–Trinajstić information content (AvgIpc) is 2.48. The lowest BCUT2D eigenvalue weighted by atomic mass is 9.82. The van der Waals surface area contributed by atoms with Gasteiger partial charge in [-0.3, -0.25) is 9.59 Å². The molecule has 0 radical (unpaired) electrons. The Bertz CT molecular complexity index is 580. The molecule has 0 spiro atoms. The van der Waals surface area contributed by atoms with E-state index in [1.54, 1.807) is 17.9 Å². The maximum Gasteiger partial charge on any atom is 0.311 e. The second kappa shape index (κ2) is 6.92. The molecule has 1 fully saturated rings. The van der Waals surface area contributed by atoms with Crippen LogP contribution in [0.4, 0.5) is 0 Å². The number of benzene rings is 1. The van der Waals surface area contributed by atoms with Crippen molar-refractivity contribution in [1.82, 2.24) is 4.90 Å². The number of likely N-dealkylation sites (tertiary alicyclic amines) is 1. The lowest BCUT2D eigenvalue weighted by molar-refractivity contribution is -0.153. The number of hydrogen-bond donors (Lipinski definition) is 1.